The zero-order valence-corrected chi connectivity index (χ0v) is 14.0. The molecule has 0 saturated heterocycles. The first-order valence-electron chi connectivity index (χ1n) is 6.65. The summed E-state index contributed by atoms with van der Waals surface area (Å²) in [6.07, 6.45) is 1.55. The third-order valence-corrected chi connectivity index (χ3v) is 4.20. The molecule has 0 radical (unpaired) electrons. The fourth-order valence-corrected chi connectivity index (χ4v) is 2.93. The van der Waals surface area contributed by atoms with E-state index in [1.165, 1.54) is 23.4 Å². The lowest BCUT2D eigenvalue weighted by atomic mass is 10.4. The highest BCUT2D eigenvalue weighted by Gasteiger charge is 2.16. The molecule has 0 aromatic carbocycles. The summed E-state index contributed by atoms with van der Waals surface area (Å²) in [7, 11) is 1.50. The first-order valence-corrected chi connectivity index (χ1v) is 8.02. The number of H-pyrrole nitrogens is 1. The molecule has 0 aliphatic heterocycles. The molecular weight excluding hydrogens is 344 g/mol. The van der Waals surface area contributed by atoms with Crippen molar-refractivity contribution in [3.63, 3.8) is 0 Å². The van der Waals surface area contributed by atoms with E-state index in [0.29, 0.717) is 10.2 Å². The largest absolute Gasteiger partial charge is 0.550 e. The van der Waals surface area contributed by atoms with Crippen molar-refractivity contribution in [3.05, 3.63) is 31.9 Å². The molecule has 0 atom stereocenters. The van der Waals surface area contributed by atoms with E-state index in [-0.39, 0.29) is 29.9 Å². The summed E-state index contributed by atoms with van der Waals surface area (Å²) in [4.78, 5) is 40.8. The maximum Gasteiger partial charge on any atom is 0.329 e. The van der Waals surface area contributed by atoms with Gasteiger partial charge in [-0.1, -0.05) is 29.4 Å². The van der Waals surface area contributed by atoms with E-state index in [4.69, 9.17) is 11.6 Å². The molecule has 124 valence electrons. The van der Waals surface area contributed by atoms with Crippen LogP contribution in [0, 0.1) is 0 Å². The third-order valence-electron chi connectivity index (χ3n) is 3.06. The number of aliphatic carboxylic acids is 1. The number of carbonyl (C=O) groups excluding carboxylic acids is 1. The smallest absolute Gasteiger partial charge is 0.329 e. The Kier molecular flexibility index (Phi) is 5.32. The van der Waals surface area contributed by atoms with E-state index in [9.17, 15) is 19.5 Å². The van der Waals surface area contributed by atoms with Crippen molar-refractivity contribution in [1.82, 2.24) is 19.1 Å². The van der Waals surface area contributed by atoms with Gasteiger partial charge in [0, 0.05) is 30.3 Å². The number of rotatable bonds is 6. The van der Waals surface area contributed by atoms with Crippen LogP contribution in [0.3, 0.4) is 0 Å². The first kappa shape index (κ1) is 17.4. The first-order chi connectivity index (χ1) is 10.8. The summed E-state index contributed by atoms with van der Waals surface area (Å²) < 4.78 is 2.83. The molecule has 2 heterocycles. The Bertz CT molecular complexity index is 892. The van der Waals surface area contributed by atoms with Crippen molar-refractivity contribution in [2.24, 2.45) is 7.05 Å². The van der Waals surface area contributed by atoms with E-state index in [0.717, 1.165) is 0 Å². The second kappa shape index (κ2) is 7.05. The van der Waals surface area contributed by atoms with Gasteiger partial charge in [0.1, 0.15) is 0 Å². The van der Waals surface area contributed by atoms with Crippen molar-refractivity contribution < 1.29 is 9.90 Å². The summed E-state index contributed by atoms with van der Waals surface area (Å²) >= 11 is 7.00. The third kappa shape index (κ3) is 3.85. The van der Waals surface area contributed by atoms with Crippen molar-refractivity contribution >= 4 is 40.5 Å². The number of carboxylic acid groups (broad SMARTS) is 1. The van der Waals surface area contributed by atoms with Crippen molar-refractivity contribution in [2.45, 2.75) is 25.0 Å². The van der Waals surface area contributed by atoms with Crippen LogP contribution in [-0.4, -0.2) is 30.8 Å². The molecule has 2 aromatic rings. The lowest BCUT2D eigenvalue weighted by molar-refractivity contribution is -0.305. The van der Waals surface area contributed by atoms with Gasteiger partial charge < -0.3 is 14.5 Å². The molecule has 2 rings (SSSR count). The molecule has 2 aromatic heterocycles. The summed E-state index contributed by atoms with van der Waals surface area (Å²) in [5, 5.41) is 11.5. The van der Waals surface area contributed by atoms with E-state index in [2.05, 4.69) is 9.97 Å². The van der Waals surface area contributed by atoms with E-state index in [1.807, 2.05) is 0 Å². The fraction of sp³-hybridized carbons (Fsp3) is 0.385. The van der Waals surface area contributed by atoms with E-state index < -0.39 is 17.2 Å². The Morgan fingerprint density at radius 2 is 2.17 bits per heavy atom. The lowest BCUT2D eigenvalue weighted by Crippen LogP contribution is -2.29. The second-order valence-electron chi connectivity index (χ2n) is 4.76. The van der Waals surface area contributed by atoms with Gasteiger partial charge >= 0.3 is 5.69 Å². The average molecular weight is 358 g/mol. The molecule has 10 heteroatoms. The van der Waals surface area contributed by atoms with Crippen LogP contribution >= 0.6 is 23.4 Å². The number of allylic oxidation sites excluding steroid dienone is 2. The van der Waals surface area contributed by atoms with Crippen LogP contribution in [0.1, 0.15) is 13.3 Å². The van der Waals surface area contributed by atoms with Gasteiger partial charge in [0.15, 0.2) is 16.3 Å². The van der Waals surface area contributed by atoms with Gasteiger partial charge in [-0.15, -0.1) is 0 Å². The predicted octanol–water partition coefficient (Wildman–Crippen LogP) is -0.202. The molecule has 0 fully saturated rings. The zero-order chi connectivity index (χ0) is 17.1. The minimum atomic E-state index is -1.16. The molecule has 0 unspecified atom stereocenters. The van der Waals surface area contributed by atoms with Crippen LogP contribution in [0.4, 0.5) is 0 Å². The Balaban J connectivity index is 2.57. The number of carbonyl (C=O) groups is 1. The van der Waals surface area contributed by atoms with Crippen LogP contribution in [0.2, 0.25) is 0 Å². The number of hydrogen-bond donors (Lipinski definition) is 1. The van der Waals surface area contributed by atoms with Crippen molar-refractivity contribution in [3.8, 4) is 0 Å². The number of hydrogen-bond acceptors (Lipinski definition) is 6. The molecule has 0 amide bonds. The molecule has 0 spiro atoms. The quantitative estimate of drug-likeness (QED) is 0.716. The molecule has 8 nitrogen and oxygen atoms in total. The maximum atomic E-state index is 12.1. The van der Waals surface area contributed by atoms with Gasteiger partial charge in [0.2, 0.25) is 0 Å². The number of imidazole rings is 1. The number of nitrogens with zero attached hydrogens (tertiary/aromatic N) is 3. The van der Waals surface area contributed by atoms with Gasteiger partial charge in [0.25, 0.3) is 5.56 Å². The summed E-state index contributed by atoms with van der Waals surface area (Å²) in [6.45, 7) is 1.98. The molecule has 0 bridgehead atoms. The van der Waals surface area contributed by atoms with Gasteiger partial charge in [-0.3, -0.25) is 14.3 Å². The minimum absolute atomic E-state index is 0.145. The van der Waals surface area contributed by atoms with Crippen LogP contribution in [0.15, 0.2) is 25.9 Å². The Hall–Kier alpha value is -2.00. The molecule has 0 aliphatic rings. The maximum absolute atomic E-state index is 12.1. The highest BCUT2D eigenvalue weighted by Crippen LogP contribution is 2.22. The average Bonchev–Trinajstić information content (AvgIpc) is 2.81. The predicted molar refractivity (Wildman–Crippen MR) is 85.6 cm³/mol. The van der Waals surface area contributed by atoms with Crippen molar-refractivity contribution in [2.75, 3.05) is 5.75 Å². The zero-order valence-electron chi connectivity index (χ0n) is 12.5. The molecule has 0 saturated carbocycles. The number of fused-ring (bicyclic) bond motifs is 1. The van der Waals surface area contributed by atoms with Crippen LogP contribution < -0.4 is 16.4 Å². The van der Waals surface area contributed by atoms with Crippen LogP contribution in [0.5, 0.6) is 0 Å². The van der Waals surface area contributed by atoms with Crippen molar-refractivity contribution in [1.29, 1.82) is 0 Å². The van der Waals surface area contributed by atoms with Crippen LogP contribution in [0.25, 0.3) is 11.2 Å². The Morgan fingerprint density at radius 3 is 2.78 bits per heavy atom. The number of nitrogens with one attached hydrogen (secondary N) is 1. The number of halogens is 1. The van der Waals surface area contributed by atoms with Gasteiger partial charge in [0.05, 0.1) is 0 Å². The monoisotopic (exact) mass is 357 g/mol. The number of carboxylic acids is 1. The minimum Gasteiger partial charge on any atom is -0.550 e. The second-order valence-corrected chi connectivity index (χ2v) is 6.42. The lowest BCUT2D eigenvalue weighted by Gasteiger charge is -2.06. The van der Waals surface area contributed by atoms with E-state index >= 15 is 0 Å². The normalized spacial score (nSPS) is 12.0. The highest BCUT2D eigenvalue weighted by molar-refractivity contribution is 7.99. The number of thioether (sulfide) groups is 1. The topological polar surface area (TPSA) is 113 Å². The number of aryl methyl sites for hydroxylation is 1. The molecule has 23 heavy (non-hydrogen) atoms. The standard InChI is InChI=1S/C13H15ClN4O4S/c1-7(14)3-5-18-9-10(17(2)12(22)16-11(9)21)15-13(18)23-6-4-8(19)20/h3H,4-6H2,1-2H3,(H,19,20)(H,16,21,22)/p-1/b7-3-. The summed E-state index contributed by atoms with van der Waals surface area (Å²) in [6, 6.07) is 0. The van der Waals surface area contributed by atoms with E-state index in [1.54, 1.807) is 17.6 Å². The molecule has 1 N–H and O–H groups in total. The Labute approximate surface area is 139 Å². The molecule has 0 aliphatic carbocycles. The summed E-state index contributed by atoms with van der Waals surface area (Å²) in [5.41, 5.74) is -0.655. The number of aromatic nitrogens is 4. The van der Waals surface area contributed by atoms with Gasteiger partial charge in [-0.05, 0) is 13.3 Å². The number of aromatic amines is 1. The highest BCUT2D eigenvalue weighted by atomic mass is 35.5. The Morgan fingerprint density at radius 1 is 1.48 bits per heavy atom. The molecular formula is C13H14ClN4O4S-. The van der Waals surface area contributed by atoms with Crippen LogP contribution in [-0.2, 0) is 18.4 Å². The SMILES string of the molecule is C/C(Cl)=C/Cn1c(SCCC(=O)[O-])nc2c1c(=O)[nH]c(=O)n2C. The fourth-order valence-electron chi connectivity index (χ4n) is 1.94. The van der Waals surface area contributed by atoms with Gasteiger partial charge in [-0.2, -0.15) is 0 Å². The summed E-state index contributed by atoms with van der Waals surface area (Å²) in [5.74, 6) is -0.928. The van der Waals surface area contributed by atoms with Gasteiger partial charge in [-0.25, -0.2) is 9.78 Å².